The SMILES string of the molecule is Cc1coc(-c2cc(-c3nnc(Nc4ccc5[nH]ncc5c4Cl)s3)ccn2)n1.Cc1coc(-c2cc(C(=O)NNC(=S)Nc3ccc4c(c3Cl)C=CC4)ccn2)n1.O=S(=O)(O)O. The molecule has 0 atom stereocenters. The molecule has 1 amide bonds. The van der Waals surface area contributed by atoms with Crippen LogP contribution in [-0.2, 0) is 16.8 Å². The number of oxazole rings is 2. The predicted molar refractivity (Wildman–Crippen MR) is 237 cm³/mol. The zero-order valence-electron chi connectivity index (χ0n) is 31.9. The Bertz CT molecular complexity index is 3070. The number of aromatic nitrogens is 8. The number of pyridine rings is 2. The van der Waals surface area contributed by atoms with Crippen molar-refractivity contribution in [2.24, 2.45) is 0 Å². The molecule has 1 aliphatic rings. The largest absolute Gasteiger partial charge is 0.443 e. The number of aromatic amines is 1. The summed E-state index contributed by atoms with van der Waals surface area (Å²) < 4.78 is 42.3. The third kappa shape index (κ3) is 11.0. The van der Waals surface area contributed by atoms with E-state index in [0.717, 1.165) is 50.5 Å². The van der Waals surface area contributed by atoms with Gasteiger partial charge in [-0.25, -0.2) is 9.97 Å². The third-order valence-corrected chi connectivity index (χ3v) is 10.3. The quantitative estimate of drug-likeness (QED) is 0.0452. The van der Waals surface area contributed by atoms with Crippen LogP contribution in [0.5, 0.6) is 0 Å². The van der Waals surface area contributed by atoms with Crippen LogP contribution in [0.4, 0.5) is 16.5 Å². The number of H-pyrrole nitrogens is 1. The number of hydrazine groups is 1. The summed E-state index contributed by atoms with van der Waals surface area (Å²) in [6, 6.07) is 14.5. The van der Waals surface area contributed by atoms with Gasteiger partial charge in [-0.15, -0.1) is 10.2 Å². The Morgan fingerprint density at radius 1 is 0.887 bits per heavy atom. The minimum Gasteiger partial charge on any atom is -0.443 e. The van der Waals surface area contributed by atoms with Crippen molar-refractivity contribution in [2.45, 2.75) is 20.3 Å². The molecule has 24 heteroatoms. The molecule has 9 rings (SSSR count). The molecule has 316 valence electrons. The highest BCUT2D eigenvalue weighted by molar-refractivity contribution is 7.80. The van der Waals surface area contributed by atoms with Crippen molar-refractivity contribution < 1.29 is 31.2 Å². The molecular weight excluding hydrogens is 904 g/mol. The summed E-state index contributed by atoms with van der Waals surface area (Å²) in [5.74, 6) is 0.439. The van der Waals surface area contributed by atoms with Crippen LogP contribution in [0.15, 0.2) is 94.6 Å². The first kappa shape index (κ1) is 43.4. The number of carbonyl (C=O) groups excluding carboxylic acids is 1. The molecule has 0 saturated heterocycles. The number of nitrogens with one attached hydrogen (secondary N) is 5. The summed E-state index contributed by atoms with van der Waals surface area (Å²) >= 11 is 19.5. The molecular formula is C38H30Cl2N12O7S3. The topological polar surface area (TPSA) is 272 Å². The minimum absolute atomic E-state index is 0.208. The number of aryl methyl sites for hydroxylation is 2. The summed E-state index contributed by atoms with van der Waals surface area (Å²) in [6.07, 6.45) is 12.9. The minimum atomic E-state index is -4.67. The molecule has 0 bridgehead atoms. The lowest BCUT2D eigenvalue weighted by atomic mass is 10.1. The molecule has 2 aromatic carbocycles. The van der Waals surface area contributed by atoms with Crippen molar-refractivity contribution in [3.05, 3.63) is 124 Å². The van der Waals surface area contributed by atoms with Crippen LogP contribution in [0.2, 0.25) is 10.0 Å². The first-order valence-electron chi connectivity index (χ1n) is 17.7. The average molecular weight is 934 g/mol. The van der Waals surface area contributed by atoms with Crippen LogP contribution in [-0.4, -0.2) is 68.9 Å². The zero-order valence-corrected chi connectivity index (χ0v) is 35.9. The van der Waals surface area contributed by atoms with Crippen molar-refractivity contribution in [3.63, 3.8) is 0 Å². The number of amides is 1. The Morgan fingerprint density at radius 3 is 2.26 bits per heavy atom. The third-order valence-electron chi connectivity index (χ3n) is 8.36. The van der Waals surface area contributed by atoms with Crippen molar-refractivity contribution in [2.75, 3.05) is 10.6 Å². The van der Waals surface area contributed by atoms with Gasteiger partial charge in [-0.1, -0.05) is 52.8 Å². The maximum absolute atomic E-state index is 12.4. The maximum atomic E-state index is 12.4. The highest BCUT2D eigenvalue weighted by Gasteiger charge is 2.16. The fraction of sp³-hybridized carbons (Fsp3) is 0.0789. The lowest BCUT2D eigenvalue weighted by Gasteiger charge is -2.14. The number of hydrogen-bond acceptors (Lipinski definition) is 15. The van der Waals surface area contributed by atoms with Gasteiger partial charge in [-0.2, -0.15) is 13.5 Å². The molecule has 0 fully saturated rings. The lowest BCUT2D eigenvalue weighted by Crippen LogP contribution is -2.43. The van der Waals surface area contributed by atoms with Crippen molar-refractivity contribution >= 4 is 102 Å². The Kier molecular flexibility index (Phi) is 13.3. The maximum Gasteiger partial charge on any atom is 0.394 e. The number of halogens is 2. The molecule has 7 N–H and O–H groups in total. The van der Waals surface area contributed by atoms with E-state index in [1.165, 1.54) is 29.4 Å². The highest BCUT2D eigenvalue weighted by atomic mass is 35.5. The van der Waals surface area contributed by atoms with E-state index >= 15 is 0 Å². The van der Waals surface area contributed by atoms with Gasteiger partial charge in [-0.3, -0.25) is 39.8 Å². The second-order valence-corrected chi connectivity index (χ2v) is 15.9. The Hall–Kier alpha value is -6.66. The number of fused-ring (bicyclic) bond motifs is 2. The fourth-order valence-electron chi connectivity index (χ4n) is 5.63. The number of rotatable bonds is 7. The highest BCUT2D eigenvalue weighted by Crippen LogP contribution is 2.36. The molecule has 1 aliphatic carbocycles. The van der Waals surface area contributed by atoms with Crippen LogP contribution in [0.25, 0.3) is 50.7 Å². The molecule has 0 saturated carbocycles. The summed E-state index contributed by atoms with van der Waals surface area (Å²) in [5, 5.41) is 25.2. The van der Waals surface area contributed by atoms with E-state index in [1.54, 1.807) is 30.8 Å². The number of anilines is 3. The number of carbonyl (C=O) groups is 1. The first-order chi connectivity index (χ1) is 29.7. The van der Waals surface area contributed by atoms with Gasteiger partial charge in [0.25, 0.3) is 5.91 Å². The standard InChI is InChI=1S/C20H16ClN5O2S.C18H12ClN7OS.H2O4S/c1-11-10-28-19(23-11)16-9-13(7-8-22-16)18(27)25-26-20(29)24-15-6-5-12-3-2-4-14(12)17(15)21;1-9-8-27-16(22-9)14-6-10(4-5-20-14)17-25-26-18(28-17)23-13-3-2-12-11(15(13)19)7-21-24-12;1-5(2,3)4/h2,4-10H,3H2,1H3,(H,25,27)(H2,24,26,29);2-8H,1H3,(H,21,24)(H,23,26);(H2,1,2,3,4). The Morgan fingerprint density at radius 2 is 1.56 bits per heavy atom. The van der Waals surface area contributed by atoms with Crippen LogP contribution in [0.3, 0.4) is 0 Å². The fourth-order valence-corrected chi connectivity index (χ4v) is 7.10. The van der Waals surface area contributed by atoms with E-state index in [2.05, 4.69) is 67.9 Å². The monoisotopic (exact) mass is 932 g/mol. The summed E-state index contributed by atoms with van der Waals surface area (Å²) in [5.41, 5.74) is 13.5. The number of hydrogen-bond donors (Lipinski definition) is 7. The number of allylic oxidation sites excluding steroid dienone is 1. The second kappa shape index (κ2) is 18.9. The molecule has 62 heavy (non-hydrogen) atoms. The van der Waals surface area contributed by atoms with Crippen LogP contribution in [0.1, 0.15) is 32.9 Å². The molecule has 0 aliphatic heterocycles. The van der Waals surface area contributed by atoms with E-state index in [9.17, 15) is 4.79 Å². The van der Waals surface area contributed by atoms with Gasteiger partial charge < -0.3 is 19.5 Å². The van der Waals surface area contributed by atoms with E-state index in [-0.39, 0.29) is 11.0 Å². The van der Waals surface area contributed by atoms with Gasteiger partial charge >= 0.3 is 10.4 Å². The molecule has 0 radical (unpaired) electrons. The second-order valence-electron chi connectivity index (χ2n) is 12.8. The number of thiocarbonyl (C=S) groups is 1. The van der Waals surface area contributed by atoms with Gasteiger partial charge in [0.15, 0.2) is 5.11 Å². The Balaban J connectivity index is 0.000000168. The van der Waals surface area contributed by atoms with Crippen LogP contribution < -0.4 is 21.5 Å². The summed E-state index contributed by atoms with van der Waals surface area (Å²) in [6.45, 7) is 3.68. The van der Waals surface area contributed by atoms with Crippen molar-refractivity contribution in [1.82, 2.24) is 51.2 Å². The van der Waals surface area contributed by atoms with Crippen molar-refractivity contribution in [1.29, 1.82) is 0 Å². The first-order valence-corrected chi connectivity index (χ1v) is 21.1. The van der Waals surface area contributed by atoms with Crippen LogP contribution >= 0.6 is 46.8 Å². The molecule has 6 heterocycles. The molecule has 0 spiro atoms. The van der Waals surface area contributed by atoms with E-state index in [0.29, 0.717) is 49.6 Å². The van der Waals surface area contributed by atoms with Crippen LogP contribution in [0, 0.1) is 13.8 Å². The summed E-state index contributed by atoms with van der Waals surface area (Å²) in [4.78, 5) is 29.5. The number of nitrogens with zero attached hydrogens (tertiary/aromatic N) is 7. The summed E-state index contributed by atoms with van der Waals surface area (Å²) in [7, 11) is -4.67. The van der Waals surface area contributed by atoms with Crippen molar-refractivity contribution in [3.8, 4) is 33.7 Å². The normalized spacial score (nSPS) is 11.5. The van der Waals surface area contributed by atoms with E-state index < -0.39 is 10.4 Å². The Labute approximate surface area is 370 Å². The number of benzene rings is 2. The predicted octanol–water partition coefficient (Wildman–Crippen LogP) is 8.08. The van der Waals surface area contributed by atoms with E-state index in [4.69, 9.17) is 61.8 Å². The molecule has 8 aromatic rings. The smallest absolute Gasteiger partial charge is 0.394 e. The van der Waals surface area contributed by atoms with Gasteiger partial charge in [0.2, 0.25) is 16.9 Å². The zero-order chi connectivity index (χ0) is 44.0. The molecule has 19 nitrogen and oxygen atoms in total. The average Bonchev–Trinajstić information content (AvgIpc) is 4.11. The molecule has 0 unspecified atom stereocenters. The van der Waals surface area contributed by atoms with Gasteiger partial charge in [0.1, 0.15) is 28.9 Å². The van der Waals surface area contributed by atoms with Gasteiger partial charge in [-0.05, 0) is 86.1 Å². The molecule has 6 aromatic heterocycles. The lowest BCUT2D eigenvalue weighted by molar-refractivity contribution is 0.0944. The van der Waals surface area contributed by atoms with Gasteiger partial charge in [0.05, 0.1) is 44.5 Å². The van der Waals surface area contributed by atoms with E-state index in [1.807, 2.05) is 56.3 Å². The van der Waals surface area contributed by atoms with Gasteiger partial charge in [0, 0.05) is 28.9 Å².